The van der Waals surface area contributed by atoms with Crippen molar-refractivity contribution in [2.75, 3.05) is 25.1 Å². The number of hydrogen-bond acceptors (Lipinski definition) is 4. The number of benzene rings is 1. The van der Waals surface area contributed by atoms with Crippen LogP contribution < -0.4 is 20.7 Å². The summed E-state index contributed by atoms with van der Waals surface area (Å²) in [4.78, 5) is 24.4. The van der Waals surface area contributed by atoms with Gasteiger partial charge < -0.3 is 20.7 Å². The standard InChI is InChI=1S/C13H17N3O3/c1-16-10-6-9(7-15-12(17)4-5-14)2-3-11(10)19-8-13(16)18/h2-3,6H,4-5,7-8,14H2,1H3,(H,15,17). The van der Waals surface area contributed by atoms with Crippen LogP contribution in [0.5, 0.6) is 5.75 Å². The van der Waals surface area contributed by atoms with Gasteiger partial charge in [-0.2, -0.15) is 0 Å². The zero-order chi connectivity index (χ0) is 13.8. The Hall–Kier alpha value is -2.08. The van der Waals surface area contributed by atoms with Crippen LogP contribution in [0, 0.1) is 0 Å². The molecule has 6 heteroatoms. The van der Waals surface area contributed by atoms with Crippen LogP contribution in [0.3, 0.4) is 0 Å². The monoisotopic (exact) mass is 263 g/mol. The molecule has 0 bridgehead atoms. The molecule has 3 N–H and O–H groups in total. The number of ether oxygens (including phenoxy) is 1. The topological polar surface area (TPSA) is 84.7 Å². The van der Waals surface area contributed by atoms with Crippen LogP contribution in [0.4, 0.5) is 5.69 Å². The average Bonchev–Trinajstić information content (AvgIpc) is 2.41. The van der Waals surface area contributed by atoms with Crippen molar-refractivity contribution in [2.24, 2.45) is 5.73 Å². The van der Waals surface area contributed by atoms with E-state index in [1.807, 2.05) is 18.2 Å². The van der Waals surface area contributed by atoms with E-state index in [0.717, 1.165) is 11.3 Å². The molecule has 0 spiro atoms. The molecule has 0 saturated carbocycles. The third-order valence-corrected chi connectivity index (χ3v) is 2.97. The third kappa shape index (κ3) is 3.03. The maximum Gasteiger partial charge on any atom is 0.264 e. The highest BCUT2D eigenvalue weighted by Crippen LogP contribution is 2.31. The number of nitrogens with two attached hydrogens (primary N) is 1. The van der Waals surface area contributed by atoms with E-state index in [0.29, 0.717) is 25.3 Å². The number of rotatable bonds is 4. The van der Waals surface area contributed by atoms with E-state index in [9.17, 15) is 9.59 Å². The predicted octanol–water partition coefficient (Wildman–Crippen LogP) is 0.00680. The van der Waals surface area contributed by atoms with Gasteiger partial charge in [-0.1, -0.05) is 6.07 Å². The van der Waals surface area contributed by atoms with Gasteiger partial charge in [0.1, 0.15) is 5.75 Å². The predicted molar refractivity (Wildman–Crippen MR) is 70.9 cm³/mol. The molecule has 1 aromatic carbocycles. The van der Waals surface area contributed by atoms with E-state index >= 15 is 0 Å². The molecule has 0 unspecified atom stereocenters. The molecule has 0 radical (unpaired) electrons. The van der Waals surface area contributed by atoms with Gasteiger partial charge in [-0.15, -0.1) is 0 Å². The van der Waals surface area contributed by atoms with Crippen LogP contribution in [-0.4, -0.2) is 32.0 Å². The van der Waals surface area contributed by atoms with E-state index in [4.69, 9.17) is 10.5 Å². The summed E-state index contributed by atoms with van der Waals surface area (Å²) in [5.74, 6) is 0.511. The Balaban J connectivity index is 2.08. The van der Waals surface area contributed by atoms with Gasteiger partial charge in [-0.05, 0) is 17.7 Å². The minimum absolute atomic E-state index is 0.0656. The van der Waals surface area contributed by atoms with Crippen molar-refractivity contribution in [3.05, 3.63) is 23.8 Å². The molecule has 0 atom stereocenters. The highest BCUT2D eigenvalue weighted by molar-refractivity contribution is 5.97. The molecule has 0 aromatic heterocycles. The zero-order valence-electron chi connectivity index (χ0n) is 10.8. The fraction of sp³-hybridized carbons (Fsp3) is 0.385. The average molecular weight is 263 g/mol. The smallest absolute Gasteiger partial charge is 0.264 e. The third-order valence-electron chi connectivity index (χ3n) is 2.97. The van der Waals surface area contributed by atoms with Crippen LogP contribution in [0.25, 0.3) is 0 Å². The van der Waals surface area contributed by atoms with Gasteiger partial charge in [0.2, 0.25) is 5.91 Å². The Labute approximate surface area is 111 Å². The number of nitrogens with one attached hydrogen (secondary N) is 1. The van der Waals surface area contributed by atoms with Gasteiger partial charge in [0.15, 0.2) is 6.61 Å². The largest absolute Gasteiger partial charge is 0.482 e. The highest BCUT2D eigenvalue weighted by Gasteiger charge is 2.22. The first-order valence-electron chi connectivity index (χ1n) is 6.11. The van der Waals surface area contributed by atoms with E-state index in [1.54, 1.807) is 11.9 Å². The van der Waals surface area contributed by atoms with Gasteiger partial charge in [-0.3, -0.25) is 9.59 Å². The number of fused-ring (bicyclic) bond motifs is 1. The lowest BCUT2D eigenvalue weighted by Gasteiger charge is -2.26. The maximum absolute atomic E-state index is 11.5. The molecule has 1 aromatic rings. The number of carbonyl (C=O) groups excluding carboxylic acids is 2. The second-order valence-corrected chi connectivity index (χ2v) is 4.36. The van der Waals surface area contributed by atoms with Gasteiger partial charge in [0.25, 0.3) is 5.91 Å². The number of anilines is 1. The van der Waals surface area contributed by atoms with Crippen LogP contribution in [0.15, 0.2) is 18.2 Å². The molecule has 2 rings (SSSR count). The van der Waals surface area contributed by atoms with Crippen LogP contribution in [0.1, 0.15) is 12.0 Å². The first-order valence-corrected chi connectivity index (χ1v) is 6.11. The minimum atomic E-state index is -0.0863. The van der Waals surface area contributed by atoms with E-state index in [-0.39, 0.29) is 18.4 Å². The summed E-state index contributed by atoms with van der Waals surface area (Å²) in [6.07, 6.45) is 0.312. The molecule has 19 heavy (non-hydrogen) atoms. The maximum atomic E-state index is 11.5. The van der Waals surface area contributed by atoms with Crippen molar-refractivity contribution < 1.29 is 14.3 Å². The number of carbonyl (C=O) groups is 2. The SMILES string of the molecule is CN1C(=O)COc2ccc(CNC(=O)CCN)cc21. The van der Waals surface area contributed by atoms with Crippen LogP contribution in [0.2, 0.25) is 0 Å². The van der Waals surface area contributed by atoms with E-state index < -0.39 is 0 Å². The minimum Gasteiger partial charge on any atom is -0.482 e. The second-order valence-electron chi connectivity index (χ2n) is 4.36. The van der Waals surface area contributed by atoms with Crippen molar-refractivity contribution in [1.29, 1.82) is 0 Å². The Kier molecular flexibility index (Phi) is 4.01. The fourth-order valence-corrected chi connectivity index (χ4v) is 1.85. The summed E-state index contributed by atoms with van der Waals surface area (Å²) < 4.78 is 5.33. The first kappa shape index (κ1) is 13.4. The molecular weight excluding hydrogens is 246 g/mol. The number of nitrogens with zero attached hydrogens (tertiary/aromatic N) is 1. The summed E-state index contributed by atoms with van der Waals surface area (Å²) in [5.41, 5.74) is 6.94. The summed E-state index contributed by atoms with van der Waals surface area (Å²) in [6, 6.07) is 5.52. The second kappa shape index (κ2) is 5.71. The zero-order valence-corrected chi connectivity index (χ0v) is 10.8. The molecule has 102 valence electrons. The van der Waals surface area contributed by atoms with Crippen molar-refractivity contribution in [3.63, 3.8) is 0 Å². The molecule has 1 heterocycles. The van der Waals surface area contributed by atoms with Crippen molar-refractivity contribution in [2.45, 2.75) is 13.0 Å². The number of hydrogen-bond donors (Lipinski definition) is 2. The molecule has 1 aliphatic heterocycles. The van der Waals surface area contributed by atoms with E-state index in [2.05, 4.69) is 5.32 Å². The van der Waals surface area contributed by atoms with Gasteiger partial charge in [0.05, 0.1) is 5.69 Å². The van der Waals surface area contributed by atoms with Gasteiger partial charge in [0, 0.05) is 26.6 Å². The Morgan fingerprint density at radius 3 is 3.05 bits per heavy atom. The summed E-state index contributed by atoms with van der Waals surface area (Å²) in [7, 11) is 1.71. The number of amides is 2. The first-order chi connectivity index (χ1) is 9.11. The quantitative estimate of drug-likeness (QED) is 0.801. The number of likely N-dealkylation sites (N-methyl/N-ethyl adjacent to an activating group) is 1. The summed E-state index contributed by atoms with van der Waals surface area (Å²) in [5, 5.41) is 2.77. The van der Waals surface area contributed by atoms with Crippen LogP contribution >= 0.6 is 0 Å². The normalized spacial score (nSPS) is 13.8. The molecule has 0 aliphatic carbocycles. The lowest BCUT2D eigenvalue weighted by molar-refractivity contribution is -0.121. The Bertz CT molecular complexity index is 502. The lowest BCUT2D eigenvalue weighted by atomic mass is 10.1. The molecular formula is C13H17N3O3. The van der Waals surface area contributed by atoms with Crippen molar-refractivity contribution in [3.8, 4) is 5.75 Å². The molecule has 0 saturated heterocycles. The van der Waals surface area contributed by atoms with E-state index in [1.165, 1.54) is 0 Å². The van der Waals surface area contributed by atoms with Crippen molar-refractivity contribution in [1.82, 2.24) is 5.32 Å². The van der Waals surface area contributed by atoms with Crippen molar-refractivity contribution >= 4 is 17.5 Å². The molecule has 1 aliphatic rings. The molecule has 2 amide bonds. The van der Waals surface area contributed by atoms with Gasteiger partial charge >= 0.3 is 0 Å². The molecule has 0 fully saturated rings. The summed E-state index contributed by atoms with van der Waals surface area (Å²) >= 11 is 0. The fourth-order valence-electron chi connectivity index (χ4n) is 1.85. The summed E-state index contributed by atoms with van der Waals surface area (Å²) in [6.45, 7) is 0.811. The highest BCUT2D eigenvalue weighted by atomic mass is 16.5. The Morgan fingerprint density at radius 2 is 2.32 bits per heavy atom. The molecule has 6 nitrogen and oxygen atoms in total. The van der Waals surface area contributed by atoms with Crippen LogP contribution in [-0.2, 0) is 16.1 Å². The van der Waals surface area contributed by atoms with Gasteiger partial charge in [-0.25, -0.2) is 0 Å². The Morgan fingerprint density at radius 1 is 1.53 bits per heavy atom. The lowest BCUT2D eigenvalue weighted by Crippen LogP contribution is -2.35.